The molecule has 0 unspecified atom stereocenters. The van der Waals surface area contributed by atoms with Crippen molar-refractivity contribution >= 4 is 34.1 Å². The Bertz CT molecular complexity index is 1040. The van der Waals surface area contributed by atoms with E-state index in [1.807, 2.05) is 24.3 Å². The molecule has 2 N–H and O–H groups in total. The van der Waals surface area contributed by atoms with Crippen molar-refractivity contribution in [2.24, 2.45) is 0 Å². The zero-order chi connectivity index (χ0) is 17.2. The molecule has 1 aromatic carbocycles. The van der Waals surface area contributed by atoms with Crippen molar-refractivity contribution in [3.63, 3.8) is 0 Å². The summed E-state index contributed by atoms with van der Waals surface area (Å²) in [5, 5.41) is 11.0. The smallest absolute Gasteiger partial charge is 0.276 e. The van der Waals surface area contributed by atoms with E-state index in [4.69, 9.17) is 11.6 Å². The van der Waals surface area contributed by atoms with Crippen LogP contribution in [0.4, 0.5) is 5.69 Å². The number of benzene rings is 1. The van der Waals surface area contributed by atoms with Crippen molar-refractivity contribution in [2.75, 3.05) is 5.32 Å². The van der Waals surface area contributed by atoms with E-state index in [1.165, 1.54) is 0 Å². The number of carbonyl (C=O) groups excluding carboxylic acids is 1. The molecule has 0 saturated carbocycles. The monoisotopic (exact) mass is 349 g/mol. The normalized spacial score (nSPS) is 10.8. The van der Waals surface area contributed by atoms with Gasteiger partial charge in [-0.15, -0.1) is 0 Å². The lowest BCUT2D eigenvalue weighted by Crippen LogP contribution is -2.12. The summed E-state index contributed by atoms with van der Waals surface area (Å²) in [6.45, 7) is 0. The second-order valence-electron chi connectivity index (χ2n) is 5.39. The van der Waals surface area contributed by atoms with E-state index < -0.39 is 0 Å². The molecule has 3 heterocycles. The standard InChI is InChI=1S/C18H12ClN5O/c19-16-4-2-12(10-21-16)11-1-3-15-14(9-11)17(24-23-15)18(25)22-13-5-7-20-8-6-13/h1-10H,(H,23,24)(H,20,22,25). The molecular formula is C18H12ClN5O. The predicted molar refractivity (Wildman–Crippen MR) is 96.5 cm³/mol. The second kappa shape index (κ2) is 6.33. The summed E-state index contributed by atoms with van der Waals surface area (Å²) in [5.74, 6) is -0.288. The lowest BCUT2D eigenvalue weighted by molar-refractivity contribution is 0.102. The van der Waals surface area contributed by atoms with Crippen LogP contribution in [-0.2, 0) is 0 Å². The van der Waals surface area contributed by atoms with Gasteiger partial charge in [0.1, 0.15) is 5.15 Å². The number of halogens is 1. The maximum atomic E-state index is 12.5. The van der Waals surface area contributed by atoms with Crippen molar-refractivity contribution < 1.29 is 4.79 Å². The van der Waals surface area contributed by atoms with Crippen LogP contribution >= 0.6 is 11.6 Å². The van der Waals surface area contributed by atoms with E-state index in [1.54, 1.807) is 36.8 Å². The number of pyridine rings is 2. The molecule has 0 radical (unpaired) electrons. The number of carbonyl (C=O) groups is 1. The maximum Gasteiger partial charge on any atom is 0.276 e. The van der Waals surface area contributed by atoms with Crippen LogP contribution in [0.3, 0.4) is 0 Å². The molecule has 0 aliphatic carbocycles. The number of amides is 1. The number of aromatic nitrogens is 4. The lowest BCUT2D eigenvalue weighted by Gasteiger charge is -2.04. The first-order chi connectivity index (χ1) is 12.2. The van der Waals surface area contributed by atoms with E-state index >= 15 is 0 Å². The first-order valence-electron chi connectivity index (χ1n) is 7.52. The number of nitrogens with one attached hydrogen (secondary N) is 2. The first-order valence-corrected chi connectivity index (χ1v) is 7.90. The Morgan fingerprint density at radius 1 is 1.04 bits per heavy atom. The Kier molecular flexibility index (Phi) is 3.87. The molecule has 25 heavy (non-hydrogen) atoms. The summed E-state index contributed by atoms with van der Waals surface area (Å²) in [6.07, 6.45) is 4.92. The average molecular weight is 350 g/mol. The third-order valence-electron chi connectivity index (χ3n) is 3.78. The van der Waals surface area contributed by atoms with Crippen molar-refractivity contribution in [3.8, 4) is 11.1 Å². The first kappa shape index (κ1) is 15.3. The fraction of sp³-hybridized carbons (Fsp3) is 0. The molecule has 0 aliphatic rings. The lowest BCUT2D eigenvalue weighted by atomic mass is 10.0. The van der Waals surface area contributed by atoms with Crippen LogP contribution in [0.2, 0.25) is 5.15 Å². The Morgan fingerprint density at radius 2 is 1.84 bits per heavy atom. The minimum absolute atomic E-state index is 0.288. The van der Waals surface area contributed by atoms with Crippen LogP contribution in [0.25, 0.3) is 22.0 Å². The fourth-order valence-electron chi connectivity index (χ4n) is 2.54. The highest BCUT2D eigenvalue weighted by Crippen LogP contribution is 2.26. The summed E-state index contributed by atoms with van der Waals surface area (Å²) in [4.78, 5) is 20.6. The number of nitrogens with zero attached hydrogens (tertiary/aromatic N) is 3. The number of H-pyrrole nitrogens is 1. The average Bonchev–Trinajstić information content (AvgIpc) is 3.06. The number of hydrogen-bond acceptors (Lipinski definition) is 4. The Hall–Kier alpha value is -3.25. The molecule has 122 valence electrons. The maximum absolute atomic E-state index is 12.5. The molecule has 0 fully saturated rings. The molecule has 4 rings (SSSR count). The quantitative estimate of drug-likeness (QED) is 0.549. The summed E-state index contributed by atoms with van der Waals surface area (Å²) < 4.78 is 0. The van der Waals surface area contributed by atoms with Gasteiger partial charge in [-0.1, -0.05) is 17.7 Å². The third-order valence-corrected chi connectivity index (χ3v) is 4.00. The van der Waals surface area contributed by atoms with Crippen LogP contribution in [0.15, 0.2) is 61.1 Å². The molecule has 7 heteroatoms. The molecule has 4 aromatic rings. The topological polar surface area (TPSA) is 83.6 Å². The molecule has 6 nitrogen and oxygen atoms in total. The Morgan fingerprint density at radius 3 is 2.60 bits per heavy atom. The van der Waals surface area contributed by atoms with Gasteiger partial charge in [-0.25, -0.2) is 4.98 Å². The van der Waals surface area contributed by atoms with Crippen LogP contribution in [0.1, 0.15) is 10.5 Å². The van der Waals surface area contributed by atoms with Crippen LogP contribution in [0, 0.1) is 0 Å². The van der Waals surface area contributed by atoms with Gasteiger partial charge in [-0.2, -0.15) is 5.10 Å². The van der Waals surface area contributed by atoms with Crippen molar-refractivity contribution in [1.29, 1.82) is 0 Å². The molecule has 0 spiro atoms. The zero-order valence-electron chi connectivity index (χ0n) is 12.9. The molecule has 3 aromatic heterocycles. The summed E-state index contributed by atoms with van der Waals surface area (Å²) >= 11 is 5.84. The summed E-state index contributed by atoms with van der Waals surface area (Å²) in [6, 6.07) is 12.8. The van der Waals surface area contributed by atoms with Gasteiger partial charge in [0.25, 0.3) is 5.91 Å². The van der Waals surface area contributed by atoms with Crippen molar-refractivity contribution in [3.05, 3.63) is 71.9 Å². The van der Waals surface area contributed by atoms with E-state index in [2.05, 4.69) is 25.5 Å². The minimum atomic E-state index is -0.288. The third kappa shape index (κ3) is 3.07. The highest BCUT2D eigenvalue weighted by atomic mass is 35.5. The number of fused-ring (bicyclic) bond motifs is 1. The number of hydrogen-bond donors (Lipinski definition) is 2. The highest BCUT2D eigenvalue weighted by molar-refractivity contribution is 6.29. The van der Waals surface area contributed by atoms with Gasteiger partial charge in [-0.05, 0) is 42.0 Å². The minimum Gasteiger partial charge on any atom is -0.320 e. The zero-order valence-corrected chi connectivity index (χ0v) is 13.7. The molecule has 0 aliphatic heterocycles. The highest BCUT2D eigenvalue weighted by Gasteiger charge is 2.15. The second-order valence-corrected chi connectivity index (χ2v) is 5.78. The summed E-state index contributed by atoms with van der Waals surface area (Å²) in [5.41, 5.74) is 3.61. The van der Waals surface area contributed by atoms with E-state index in [0.717, 1.165) is 22.0 Å². The van der Waals surface area contributed by atoms with Gasteiger partial charge in [0.15, 0.2) is 5.69 Å². The Balaban J connectivity index is 1.71. The van der Waals surface area contributed by atoms with Crippen molar-refractivity contribution in [1.82, 2.24) is 20.2 Å². The van der Waals surface area contributed by atoms with Gasteiger partial charge in [0.05, 0.1) is 5.52 Å². The van der Waals surface area contributed by atoms with Crippen LogP contribution in [0.5, 0.6) is 0 Å². The van der Waals surface area contributed by atoms with Gasteiger partial charge in [0, 0.05) is 35.2 Å². The van der Waals surface area contributed by atoms with Gasteiger partial charge < -0.3 is 5.32 Å². The van der Waals surface area contributed by atoms with E-state index in [-0.39, 0.29) is 5.91 Å². The number of aromatic amines is 1. The number of rotatable bonds is 3. The van der Waals surface area contributed by atoms with Crippen LogP contribution in [-0.4, -0.2) is 26.1 Å². The largest absolute Gasteiger partial charge is 0.320 e. The van der Waals surface area contributed by atoms with Gasteiger partial charge in [-0.3, -0.25) is 14.9 Å². The van der Waals surface area contributed by atoms with E-state index in [0.29, 0.717) is 16.5 Å². The number of anilines is 1. The Labute approximate surface area is 147 Å². The van der Waals surface area contributed by atoms with Crippen molar-refractivity contribution in [2.45, 2.75) is 0 Å². The molecular weight excluding hydrogens is 338 g/mol. The fourth-order valence-corrected chi connectivity index (χ4v) is 2.65. The van der Waals surface area contributed by atoms with E-state index in [9.17, 15) is 4.79 Å². The molecule has 0 atom stereocenters. The molecule has 1 amide bonds. The van der Waals surface area contributed by atoms with Gasteiger partial charge in [0.2, 0.25) is 0 Å². The molecule has 0 bridgehead atoms. The summed E-state index contributed by atoms with van der Waals surface area (Å²) in [7, 11) is 0. The van der Waals surface area contributed by atoms with Gasteiger partial charge >= 0.3 is 0 Å². The van der Waals surface area contributed by atoms with Crippen LogP contribution < -0.4 is 5.32 Å². The predicted octanol–water partition coefficient (Wildman–Crippen LogP) is 3.93. The SMILES string of the molecule is O=C(Nc1ccncc1)c1n[nH]c2ccc(-c3ccc(Cl)nc3)cc12. The molecule has 0 saturated heterocycles.